The SMILES string of the molecule is COc1cccc(NS(=O)(=O)c2cc(CN)ccc2C)c1. The Morgan fingerprint density at radius 2 is 1.95 bits per heavy atom. The van der Waals surface area contributed by atoms with Crippen molar-refractivity contribution in [1.82, 2.24) is 0 Å². The second-order valence-corrected chi connectivity index (χ2v) is 6.29. The molecule has 2 aromatic rings. The number of ether oxygens (including phenoxy) is 1. The van der Waals surface area contributed by atoms with E-state index in [1.54, 1.807) is 43.3 Å². The van der Waals surface area contributed by atoms with Gasteiger partial charge in [-0.1, -0.05) is 18.2 Å². The van der Waals surface area contributed by atoms with Crippen molar-refractivity contribution >= 4 is 15.7 Å². The Kier molecular flexibility index (Phi) is 4.50. The van der Waals surface area contributed by atoms with E-state index < -0.39 is 10.0 Å². The van der Waals surface area contributed by atoms with Gasteiger partial charge in [0.05, 0.1) is 17.7 Å². The van der Waals surface area contributed by atoms with Gasteiger partial charge >= 0.3 is 0 Å². The Hall–Kier alpha value is -2.05. The van der Waals surface area contributed by atoms with Crippen molar-refractivity contribution < 1.29 is 13.2 Å². The molecule has 5 nitrogen and oxygen atoms in total. The lowest BCUT2D eigenvalue weighted by Gasteiger charge is -2.12. The second-order valence-electron chi connectivity index (χ2n) is 4.64. The molecule has 3 N–H and O–H groups in total. The van der Waals surface area contributed by atoms with E-state index in [1.165, 1.54) is 7.11 Å². The van der Waals surface area contributed by atoms with E-state index in [1.807, 2.05) is 6.07 Å². The first-order chi connectivity index (χ1) is 9.96. The maximum absolute atomic E-state index is 12.5. The van der Waals surface area contributed by atoms with Gasteiger partial charge < -0.3 is 10.5 Å². The Bertz CT molecular complexity index is 742. The first kappa shape index (κ1) is 15.3. The maximum Gasteiger partial charge on any atom is 0.262 e. The third-order valence-electron chi connectivity index (χ3n) is 3.10. The summed E-state index contributed by atoms with van der Waals surface area (Å²) in [7, 11) is -2.13. The zero-order chi connectivity index (χ0) is 15.5. The third kappa shape index (κ3) is 3.53. The van der Waals surface area contributed by atoms with Crippen LogP contribution in [-0.2, 0) is 16.6 Å². The van der Waals surface area contributed by atoms with Crippen molar-refractivity contribution in [1.29, 1.82) is 0 Å². The Morgan fingerprint density at radius 3 is 2.62 bits per heavy atom. The molecule has 0 aliphatic heterocycles. The summed E-state index contributed by atoms with van der Waals surface area (Å²) >= 11 is 0. The molecule has 112 valence electrons. The quantitative estimate of drug-likeness (QED) is 0.888. The molecule has 0 amide bonds. The molecule has 0 bridgehead atoms. The van der Waals surface area contributed by atoms with Crippen molar-refractivity contribution in [3.8, 4) is 5.75 Å². The van der Waals surface area contributed by atoms with Crippen LogP contribution >= 0.6 is 0 Å². The fourth-order valence-electron chi connectivity index (χ4n) is 1.96. The van der Waals surface area contributed by atoms with Gasteiger partial charge in [0.25, 0.3) is 10.0 Å². The molecule has 0 aromatic heterocycles. The van der Waals surface area contributed by atoms with Crippen LogP contribution in [0.15, 0.2) is 47.4 Å². The number of rotatable bonds is 5. The summed E-state index contributed by atoms with van der Waals surface area (Å²) in [6.45, 7) is 2.04. The monoisotopic (exact) mass is 306 g/mol. The van der Waals surface area contributed by atoms with Gasteiger partial charge in [0.15, 0.2) is 0 Å². The zero-order valence-corrected chi connectivity index (χ0v) is 12.8. The fraction of sp³-hybridized carbons (Fsp3) is 0.200. The molecule has 2 rings (SSSR count). The number of nitrogens with two attached hydrogens (primary N) is 1. The Morgan fingerprint density at radius 1 is 1.19 bits per heavy atom. The highest BCUT2D eigenvalue weighted by Crippen LogP contribution is 2.23. The van der Waals surface area contributed by atoms with E-state index in [0.29, 0.717) is 23.5 Å². The van der Waals surface area contributed by atoms with Gasteiger partial charge in [-0.2, -0.15) is 0 Å². The number of hydrogen-bond acceptors (Lipinski definition) is 4. The molecule has 2 aromatic carbocycles. The second kappa shape index (κ2) is 6.15. The van der Waals surface area contributed by atoms with E-state index in [9.17, 15) is 8.42 Å². The van der Waals surface area contributed by atoms with Crippen LogP contribution in [0.3, 0.4) is 0 Å². The number of hydrogen-bond donors (Lipinski definition) is 2. The highest BCUT2D eigenvalue weighted by molar-refractivity contribution is 7.92. The lowest BCUT2D eigenvalue weighted by Crippen LogP contribution is -2.15. The summed E-state index contributed by atoms with van der Waals surface area (Å²) < 4.78 is 32.6. The Labute approximate surface area is 124 Å². The largest absolute Gasteiger partial charge is 0.497 e. The summed E-state index contributed by atoms with van der Waals surface area (Å²) in [5.74, 6) is 0.586. The van der Waals surface area contributed by atoms with E-state index in [2.05, 4.69) is 4.72 Å². The van der Waals surface area contributed by atoms with E-state index in [0.717, 1.165) is 5.56 Å². The molecule has 0 saturated heterocycles. The first-order valence-corrected chi connectivity index (χ1v) is 7.91. The van der Waals surface area contributed by atoms with E-state index >= 15 is 0 Å². The molecule has 21 heavy (non-hydrogen) atoms. The molecule has 0 spiro atoms. The van der Waals surface area contributed by atoms with Crippen molar-refractivity contribution in [2.75, 3.05) is 11.8 Å². The minimum absolute atomic E-state index is 0.230. The van der Waals surface area contributed by atoms with Gasteiger partial charge in [-0.3, -0.25) is 4.72 Å². The van der Waals surface area contributed by atoms with Gasteiger partial charge in [-0.05, 0) is 36.2 Å². The molecule has 0 unspecified atom stereocenters. The molecule has 6 heteroatoms. The van der Waals surface area contributed by atoms with Gasteiger partial charge in [-0.25, -0.2) is 8.42 Å². The van der Waals surface area contributed by atoms with Crippen molar-refractivity contribution in [3.05, 3.63) is 53.6 Å². The topological polar surface area (TPSA) is 81.4 Å². The predicted molar refractivity (Wildman–Crippen MR) is 82.9 cm³/mol. The number of aryl methyl sites for hydroxylation is 1. The number of nitrogens with one attached hydrogen (secondary N) is 1. The van der Waals surface area contributed by atoms with Crippen LogP contribution in [0.1, 0.15) is 11.1 Å². The van der Waals surface area contributed by atoms with Crippen molar-refractivity contribution in [2.45, 2.75) is 18.4 Å². The minimum atomic E-state index is -3.66. The van der Waals surface area contributed by atoms with Crippen LogP contribution < -0.4 is 15.2 Å². The maximum atomic E-state index is 12.5. The summed E-state index contributed by atoms with van der Waals surface area (Å²) in [6.07, 6.45) is 0. The molecular formula is C15H18N2O3S. The summed E-state index contributed by atoms with van der Waals surface area (Å²) in [6, 6.07) is 11.9. The van der Waals surface area contributed by atoms with Crippen LogP contribution in [0.4, 0.5) is 5.69 Å². The lowest BCUT2D eigenvalue weighted by molar-refractivity contribution is 0.415. The van der Waals surface area contributed by atoms with Crippen LogP contribution in [0.25, 0.3) is 0 Å². The van der Waals surface area contributed by atoms with Gasteiger partial charge in [0.1, 0.15) is 5.75 Å². The molecule has 0 heterocycles. The van der Waals surface area contributed by atoms with Crippen molar-refractivity contribution in [2.24, 2.45) is 5.73 Å². The minimum Gasteiger partial charge on any atom is -0.497 e. The number of methoxy groups -OCH3 is 1. The molecule has 0 aliphatic rings. The van der Waals surface area contributed by atoms with Gasteiger partial charge in [0, 0.05) is 12.6 Å². The average molecular weight is 306 g/mol. The first-order valence-electron chi connectivity index (χ1n) is 6.43. The highest BCUT2D eigenvalue weighted by atomic mass is 32.2. The highest BCUT2D eigenvalue weighted by Gasteiger charge is 2.17. The molecule has 0 atom stereocenters. The normalized spacial score (nSPS) is 11.2. The standard InChI is InChI=1S/C15H18N2O3S/c1-11-6-7-12(10-16)8-15(11)21(18,19)17-13-4-3-5-14(9-13)20-2/h3-9,17H,10,16H2,1-2H3. The van der Waals surface area contributed by atoms with Crippen LogP contribution in [0.5, 0.6) is 5.75 Å². The average Bonchev–Trinajstić information content (AvgIpc) is 2.47. The number of anilines is 1. The van der Waals surface area contributed by atoms with Gasteiger partial charge in [0.2, 0.25) is 0 Å². The summed E-state index contributed by atoms with van der Waals surface area (Å²) in [5, 5.41) is 0. The van der Waals surface area contributed by atoms with Crippen molar-refractivity contribution in [3.63, 3.8) is 0 Å². The fourth-order valence-corrected chi connectivity index (χ4v) is 3.30. The smallest absolute Gasteiger partial charge is 0.262 e. The number of benzene rings is 2. The summed E-state index contributed by atoms with van der Waals surface area (Å²) in [4.78, 5) is 0.230. The lowest BCUT2D eigenvalue weighted by atomic mass is 10.1. The van der Waals surface area contributed by atoms with E-state index in [4.69, 9.17) is 10.5 Å². The van der Waals surface area contributed by atoms with Crippen LogP contribution in [0, 0.1) is 6.92 Å². The predicted octanol–water partition coefficient (Wildman–Crippen LogP) is 2.26. The third-order valence-corrected chi connectivity index (χ3v) is 4.62. The molecular weight excluding hydrogens is 288 g/mol. The molecule has 0 aliphatic carbocycles. The van der Waals surface area contributed by atoms with Gasteiger partial charge in [-0.15, -0.1) is 0 Å². The summed E-state index contributed by atoms with van der Waals surface area (Å²) in [5.41, 5.74) is 7.46. The molecule has 0 fully saturated rings. The van der Waals surface area contributed by atoms with E-state index in [-0.39, 0.29) is 4.90 Å². The zero-order valence-electron chi connectivity index (χ0n) is 12.0. The van der Waals surface area contributed by atoms with Crippen LogP contribution in [0.2, 0.25) is 0 Å². The molecule has 0 radical (unpaired) electrons. The van der Waals surface area contributed by atoms with Crippen LogP contribution in [-0.4, -0.2) is 15.5 Å². The molecule has 0 saturated carbocycles. The number of sulfonamides is 1. The Balaban J connectivity index is 2.38.